The van der Waals surface area contributed by atoms with Crippen LogP contribution < -0.4 is 0 Å². The van der Waals surface area contributed by atoms with Crippen molar-refractivity contribution in [3.05, 3.63) is 0 Å². The molecule has 4 saturated carbocycles. The van der Waals surface area contributed by atoms with Crippen LogP contribution in [0.3, 0.4) is 0 Å². The third kappa shape index (κ3) is 5.79. The highest BCUT2D eigenvalue weighted by Crippen LogP contribution is 2.68. The van der Waals surface area contributed by atoms with Gasteiger partial charge in [-0.15, -0.1) is 0 Å². The molecule has 0 aromatic rings. The number of nitrogens with zero attached hydrogens (tertiary/aromatic N) is 2. The van der Waals surface area contributed by atoms with Gasteiger partial charge >= 0.3 is 11.9 Å². The number of piperidine rings is 1. The van der Waals surface area contributed by atoms with Gasteiger partial charge in [-0.25, -0.2) is 0 Å². The quantitative estimate of drug-likeness (QED) is 0.220. The number of likely N-dealkylation sites (N-methyl/N-ethyl adjacent to an activating group) is 1. The minimum absolute atomic E-state index is 0.0411. The molecule has 250 valence electrons. The first-order valence-electron chi connectivity index (χ1n) is 19.1. The number of carbonyl (C=O) groups excluding carboxylic acids is 2. The lowest BCUT2D eigenvalue weighted by Crippen LogP contribution is -2.62. The predicted octanol–water partition coefficient (Wildman–Crippen LogP) is 7.53. The van der Waals surface area contributed by atoms with E-state index in [2.05, 4.69) is 32.6 Å². The Morgan fingerprint density at radius 3 is 2.20 bits per heavy atom. The van der Waals surface area contributed by atoms with Gasteiger partial charge in [0, 0.05) is 31.2 Å². The molecule has 10 atom stereocenters. The van der Waals surface area contributed by atoms with Crippen molar-refractivity contribution in [3.8, 4) is 0 Å². The number of ether oxygens (including phenoxy) is 2. The zero-order chi connectivity index (χ0) is 31.1. The average molecular weight is 614 g/mol. The van der Waals surface area contributed by atoms with Gasteiger partial charge in [-0.05, 0) is 133 Å². The van der Waals surface area contributed by atoms with E-state index in [4.69, 9.17) is 9.47 Å². The molecule has 0 spiro atoms. The Labute approximate surface area is 268 Å². The van der Waals surface area contributed by atoms with Crippen molar-refractivity contribution >= 4 is 11.9 Å². The number of likely N-dealkylation sites (tertiary alicyclic amines) is 2. The van der Waals surface area contributed by atoms with E-state index < -0.39 is 0 Å². The molecule has 0 aromatic carbocycles. The van der Waals surface area contributed by atoms with Crippen LogP contribution in [0.25, 0.3) is 0 Å². The van der Waals surface area contributed by atoms with E-state index >= 15 is 0 Å². The van der Waals surface area contributed by atoms with Gasteiger partial charge in [0.15, 0.2) is 6.10 Å². The molecule has 2 aliphatic heterocycles. The molecule has 0 aromatic heterocycles. The van der Waals surface area contributed by atoms with Crippen molar-refractivity contribution in [2.75, 3.05) is 32.7 Å². The minimum Gasteiger partial charge on any atom is -0.461 e. The standard InChI is InChI=1S/C38H65N2O4/c1-6-15-35(42)44-36-33(40(7-2)22-13-8-9-14-23-40)25-31-29-17-16-28-24-34(43-27(3)41)32(39-20-11-10-12-21-39)26-38(28,5)30(29)18-19-37(31,36)4/h28-34,36H,6-26H2,1-5H3/q+1/t28-,29+,30-,31-,32-,33-,34-,36-,37-,38-/m0/s1. The van der Waals surface area contributed by atoms with E-state index in [1.807, 2.05) is 0 Å². The van der Waals surface area contributed by atoms with E-state index in [-0.39, 0.29) is 35.0 Å². The molecule has 0 radical (unpaired) electrons. The molecule has 4 aliphatic carbocycles. The van der Waals surface area contributed by atoms with Gasteiger partial charge in [0.05, 0.1) is 19.6 Å². The first-order chi connectivity index (χ1) is 21.1. The zero-order valence-electron chi connectivity index (χ0n) is 29.0. The molecule has 2 heterocycles. The predicted molar refractivity (Wildman–Crippen MR) is 175 cm³/mol. The van der Waals surface area contributed by atoms with E-state index in [1.54, 1.807) is 6.92 Å². The van der Waals surface area contributed by atoms with Gasteiger partial charge in [-0.1, -0.05) is 27.2 Å². The van der Waals surface area contributed by atoms with Crippen molar-refractivity contribution in [2.24, 2.45) is 34.5 Å². The second kappa shape index (κ2) is 13.2. The lowest BCUT2D eigenvalue weighted by molar-refractivity contribution is -0.951. The topological polar surface area (TPSA) is 55.8 Å². The SMILES string of the molecule is CCCC(=O)O[C@H]1[C@@H]([N+]2(CC)CCCCCC2)C[C@H]2[C@@H]3CC[C@H]4C[C@H](OC(C)=O)[C@@H](N5CCCCC5)C[C@]4(C)[C@H]3CC[C@@]21C. The van der Waals surface area contributed by atoms with Crippen LogP contribution in [0.5, 0.6) is 0 Å². The summed E-state index contributed by atoms with van der Waals surface area (Å²) in [5, 5.41) is 0. The fourth-order valence-electron chi connectivity index (χ4n) is 12.5. The van der Waals surface area contributed by atoms with Gasteiger partial charge in [-0.3, -0.25) is 14.5 Å². The summed E-state index contributed by atoms with van der Waals surface area (Å²) < 4.78 is 14.0. The minimum atomic E-state index is -0.107. The van der Waals surface area contributed by atoms with Gasteiger partial charge in [0.2, 0.25) is 0 Å². The Bertz CT molecular complexity index is 1020. The number of hydrogen-bond acceptors (Lipinski definition) is 5. The van der Waals surface area contributed by atoms with Crippen molar-refractivity contribution in [1.29, 1.82) is 0 Å². The maximum absolute atomic E-state index is 13.3. The molecule has 0 amide bonds. The molecule has 2 saturated heterocycles. The monoisotopic (exact) mass is 613 g/mol. The van der Waals surface area contributed by atoms with Crippen molar-refractivity contribution in [3.63, 3.8) is 0 Å². The van der Waals surface area contributed by atoms with Crippen LogP contribution in [0.15, 0.2) is 0 Å². The summed E-state index contributed by atoms with van der Waals surface area (Å²) in [6.07, 6.45) is 19.2. The lowest BCUT2D eigenvalue weighted by Gasteiger charge is -2.62. The van der Waals surface area contributed by atoms with Crippen LogP contribution in [0.2, 0.25) is 0 Å². The first kappa shape index (κ1) is 32.8. The Morgan fingerprint density at radius 1 is 0.841 bits per heavy atom. The summed E-state index contributed by atoms with van der Waals surface area (Å²) >= 11 is 0. The Kier molecular flexibility index (Phi) is 9.81. The van der Waals surface area contributed by atoms with Gasteiger partial charge < -0.3 is 14.0 Å². The molecule has 44 heavy (non-hydrogen) atoms. The number of carbonyl (C=O) groups is 2. The highest BCUT2D eigenvalue weighted by Gasteiger charge is 2.67. The molecule has 0 N–H and O–H groups in total. The fourth-order valence-corrected chi connectivity index (χ4v) is 12.5. The third-order valence-electron chi connectivity index (χ3n) is 14.8. The van der Waals surface area contributed by atoms with Crippen LogP contribution in [0.1, 0.15) is 137 Å². The number of esters is 2. The Hall–Kier alpha value is -1.14. The van der Waals surface area contributed by atoms with Crippen molar-refractivity contribution in [2.45, 2.75) is 162 Å². The van der Waals surface area contributed by atoms with Crippen LogP contribution in [-0.4, -0.2) is 78.3 Å². The Morgan fingerprint density at radius 2 is 1.55 bits per heavy atom. The van der Waals surface area contributed by atoms with Crippen LogP contribution in [0.4, 0.5) is 0 Å². The van der Waals surface area contributed by atoms with E-state index in [0.29, 0.717) is 36.3 Å². The van der Waals surface area contributed by atoms with E-state index in [1.165, 1.54) is 101 Å². The van der Waals surface area contributed by atoms with Gasteiger partial charge in [0.25, 0.3) is 0 Å². The molecule has 0 unspecified atom stereocenters. The number of rotatable bonds is 7. The lowest BCUT2D eigenvalue weighted by atomic mass is 9.44. The molecule has 6 rings (SSSR count). The Balaban J connectivity index is 1.30. The van der Waals surface area contributed by atoms with Crippen LogP contribution in [-0.2, 0) is 19.1 Å². The highest BCUT2D eigenvalue weighted by atomic mass is 16.5. The summed E-state index contributed by atoms with van der Waals surface area (Å²) in [7, 11) is 0. The maximum Gasteiger partial charge on any atom is 0.306 e. The average Bonchev–Trinajstić information content (AvgIpc) is 3.14. The van der Waals surface area contributed by atoms with Crippen molar-refractivity contribution in [1.82, 2.24) is 4.90 Å². The molecule has 6 nitrogen and oxygen atoms in total. The maximum atomic E-state index is 13.3. The molecule has 0 bridgehead atoms. The number of fused-ring (bicyclic) bond motifs is 5. The summed E-state index contributed by atoms with van der Waals surface area (Å²) in [5.41, 5.74) is 0.363. The van der Waals surface area contributed by atoms with Crippen molar-refractivity contribution < 1.29 is 23.5 Å². The molecule has 6 heteroatoms. The second-order valence-corrected chi connectivity index (χ2v) is 16.8. The second-order valence-electron chi connectivity index (χ2n) is 16.8. The van der Waals surface area contributed by atoms with Crippen LogP contribution >= 0.6 is 0 Å². The summed E-state index contributed by atoms with van der Waals surface area (Å²) in [5.74, 6) is 2.63. The van der Waals surface area contributed by atoms with Gasteiger partial charge in [-0.2, -0.15) is 0 Å². The fraction of sp³-hybridized carbons (Fsp3) is 0.947. The summed E-state index contributed by atoms with van der Waals surface area (Å²) in [6, 6.07) is 0.802. The summed E-state index contributed by atoms with van der Waals surface area (Å²) in [4.78, 5) is 28.2. The van der Waals surface area contributed by atoms with E-state index in [0.717, 1.165) is 38.4 Å². The van der Waals surface area contributed by atoms with Crippen LogP contribution in [0, 0.1) is 34.5 Å². The van der Waals surface area contributed by atoms with E-state index in [9.17, 15) is 9.59 Å². The largest absolute Gasteiger partial charge is 0.461 e. The smallest absolute Gasteiger partial charge is 0.306 e. The van der Waals surface area contributed by atoms with Gasteiger partial charge in [0.1, 0.15) is 12.1 Å². The third-order valence-corrected chi connectivity index (χ3v) is 14.8. The molecular weight excluding hydrogens is 548 g/mol. The number of hydrogen-bond donors (Lipinski definition) is 0. The summed E-state index contributed by atoms with van der Waals surface area (Å²) in [6.45, 7) is 17.3. The molecule has 6 aliphatic rings. The molecular formula is C38H65N2O4+. The molecule has 6 fully saturated rings. The first-order valence-corrected chi connectivity index (χ1v) is 19.1. The highest BCUT2D eigenvalue weighted by molar-refractivity contribution is 5.69. The number of quaternary nitrogens is 1. The normalized spacial score (nSPS) is 44.0. The zero-order valence-corrected chi connectivity index (χ0v) is 29.0.